The Morgan fingerprint density at radius 1 is 1.40 bits per heavy atom. The molecule has 20 heavy (non-hydrogen) atoms. The van der Waals surface area contributed by atoms with Crippen molar-refractivity contribution in [1.82, 2.24) is 20.2 Å². The van der Waals surface area contributed by atoms with Crippen LogP contribution in [0.1, 0.15) is 20.3 Å². The van der Waals surface area contributed by atoms with E-state index in [0.29, 0.717) is 5.69 Å². The zero-order valence-electron chi connectivity index (χ0n) is 11.5. The fraction of sp³-hybridized carbons (Fsp3) is 0.385. The van der Waals surface area contributed by atoms with Gasteiger partial charge < -0.3 is 11.1 Å². The molecular weight excluding hydrogens is 256 g/mol. The summed E-state index contributed by atoms with van der Waals surface area (Å²) in [5.41, 5.74) is 7.40. The van der Waals surface area contributed by atoms with Crippen LogP contribution in [0.25, 0.3) is 5.69 Å². The zero-order chi connectivity index (χ0) is 14.5. The lowest BCUT2D eigenvalue weighted by atomic mass is 9.99. The molecule has 7 heteroatoms. The second-order valence-electron chi connectivity index (χ2n) is 4.70. The van der Waals surface area contributed by atoms with Gasteiger partial charge in [0.1, 0.15) is 6.33 Å². The van der Waals surface area contributed by atoms with Crippen LogP contribution in [0.3, 0.4) is 0 Å². The average molecular weight is 274 g/mol. The summed E-state index contributed by atoms with van der Waals surface area (Å²) in [6.07, 6.45) is 2.37. The molecule has 0 radical (unpaired) electrons. The first-order valence-corrected chi connectivity index (χ1v) is 6.51. The van der Waals surface area contributed by atoms with Crippen LogP contribution in [0, 0.1) is 5.92 Å². The smallest absolute Gasteiger partial charge is 0.241 e. The third-order valence-electron chi connectivity index (χ3n) is 3.31. The van der Waals surface area contributed by atoms with E-state index in [2.05, 4.69) is 20.8 Å². The molecular formula is C13H18N6O. The van der Waals surface area contributed by atoms with Crippen molar-refractivity contribution >= 4 is 11.6 Å². The highest BCUT2D eigenvalue weighted by atomic mass is 16.2. The van der Waals surface area contributed by atoms with Crippen LogP contribution < -0.4 is 11.1 Å². The molecule has 0 spiro atoms. The van der Waals surface area contributed by atoms with Crippen LogP contribution in [0.15, 0.2) is 30.6 Å². The first-order chi connectivity index (χ1) is 9.61. The van der Waals surface area contributed by atoms with Gasteiger partial charge in [-0.1, -0.05) is 20.3 Å². The molecule has 3 N–H and O–H groups in total. The van der Waals surface area contributed by atoms with Gasteiger partial charge in [0, 0.05) is 5.69 Å². The standard InChI is InChI=1S/C13H18N6O/c1-3-9(2)12(14)13(20)16-10-4-6-11(7-5-10)19-8-15-17-18-19/h4-9,12H,3,14H2,1-2H3,(H,16,20)/t9?,12-/m0/s1. The maximum absolute atomic E-state index is 12.0. The van der Waals surface area contributed by atoms with Gasteiger partial charge >= 0.3 is 0 Å². The summed E-state index contributed by atoms with van der Waals surface area (Å²) < 4.78 is 1.54. The largest absolute Gasteiger partial charge is 0.325 e. The van der Waals surface area contributed by atoms with E-state index in [0.717, 1.165) is 12.1 Å². The monoisotopic (exact) mass is 274 g/mol. The van der Waals surface area contributed by atoms with E-state index in [4.69, 9.17) is 5.73 Å². The molecule has 0 aliphatic carbocycles. The molecule has 1 heterocycles. The fourth-order valence-corrected chi connectivity index (χ4v) is 1.72. The van der Waals surface area contributed by atoms with Crippen molar-refractivity contribution in [1.29, 1.82) is 0 Å². The van der Waals surface area contributed by atoms with Gasteiger partial charge in [-0.15, -0.1) is 5.10 Å². The van der Waals surface area contributed by atoms with Gasteiger partial charge in [0.2, 0.25) is 5.91 Å². The Kier molecular flexibility index (Phi) is 4.41. The molecule has 2 aromatic rings. The number of hydrogen-bond acceptors (Lipinski definition) is 5. The Hall–Kier alpha value is -2.28. The molecule has 0 aliphatic heterocycles. The highest BCUT2D eigenvalue weighted by Gasteiger charge is 2.19. The zero-order valence-corrected chi connectivity index (χ0v) is 11.5. The van der Waals surface area contributed by atoms with Gasteiger partial charge in [0.05, 0.1) is 11.7 Å². The average Bonchev–Trinajstić information content (AvgIpc) is 3.00. The van der Waals surface area contributed by atoms with Crippen LogP contribution in [-0.2, 0) is 4.79 Å². The minimum Gasteiger partial charge on any atom is -0.325 e. The van der Waals surface area contributed by atoms with Crippen molar-refractivity contribution in [2.75, 3.05) is 5.32 Å². The molecule has 7 nitrogen and oxygen atoms in total. The van der Waals surface area contributed by atoms with Gasteiger partial charge in [-0.3, -0.25) is 4.79 Å². The summed E-state index contributed by atoms with van der Waals surface area (Å²) in [6, 6.07) is 6.72. The first-order valence-electron chi connectivity index (χ1n) is 6.51. The SMILES string of the molecule is CCC(C)[C@H](N)C(=O)Nc1ccc(-n2cnnn2)cc1. The minimum atomic E-state index is -0.501. The number of carbonyl (C=O) groups excluding carboxylic acids is 1. The molecule has 1 unspecified atom stereocenters. The van der Waals surface area contributed by atoms with Crippen LogP contribution in [0.5, 0.6) is 0 Å². The van der Waals surface area contributed by atoms with Crippen molar-refractivity contribution in [3.05, 3.63) is 30.6 Å². The van der Waals surface area contributed by atoms with E-state index in [9.17, 15) is 4.79 Å². The summed E-state index contributed by atoms with van der Waals surface area (Å²) >= 11 is 0. The highest BCUT2D eigenvalue weighted by Crippen LogP contribution is 2.13. The van der Waals surface area contributed by atoms with Gasteiger partial charge in [-0.2, -0.15) is 0 Å². The number of nitrogens with two attached hydrogens (primary N) is 1. The molecule has 2 atom stereocenters. The quantitative estimate of drug-likeness (QED) is 0.846. The Labute approximate surface area is 117 Å². The summed E-state index contributed by atoms with van der Waals surface area (Å²) in [6.45, 7) is 3.98. The predicted molar refractivity (Wildman–Crippen MR) is 75.2 cm³/mol. The number of nitrogens with one attached hydrogen (secondary N) is 1. The van der Waals surface area contributed by atoms with Gasteiger partial charge in [-0.25, -0.2) is 4.68 Å². The Morgan fingerprint density at radius 2 is 2.10 bits per heavy atom. The lowest BCUT2D eigenvalue weighted by molar-refractivity contribution is -0.118. The highest BCUT2D eigenvalue weighted by molar-refractivity contribution is 5.94. The molecule has 1 aromatic carbocycles. The number of anilines is 1. The van der Waals surface area contributed by atoms with E-state index >= 15 is 0 Å². The summed E-state index contributed by atoms with van der Waals surface area (Å²) in [4.78, 5) is 12.0. The fourth-order valence-electron chi connectivity index (χ4n) is 1.72. The Bertz CT molecular complexity index is 551. The topological polar surface area (TPSA) is 98.7 Å². The number of nitrogens with zero attached hydrogens (tertiary/aromatic N) is 4. The molecule has 1 amide bonds. The number of hydrogen-bond donors (Lipinski definition) is 2. The van der Waals surface area contributed by atoms with Crippen LogP contribution in [0.4, 0.5) is 5.69 Å². The number of rotatable bonds is 5. The molecule has 106 valence electrons. The van der Waals surface area contributed by atoms with E-state index < -0.39 is 6.04 Å². The van der Waals surface area contributed by atoms with Crippen molar-refractivity contribution in [3.63, 3.8) is 0 Å². The van der Waals surface area contributed by atoms with Crippen molar-refractivity contribution < 1.29 is 4.79 Å². The van der Waals surface area contributed by atoms with Gasteiger partial charge in [0.25, 0.3) is 0 Å². The third-order valence-corrected chi connectivity index (χ3v) is 3.31. The van der Waals surface area contributed by atoms with E-state index in [1.807, 2.05) is 26.0 Å². The van der Waals surface area contributed by atoms with Gasteiger partial charge in [-0.05, 0) is 40.6 Å². The first kappa shape index (κ1) is 14.1. The number of carbonyl (C=O) groups is 1. The number of benzene rings is 1. The number of amides is 1. The van der Waals surface area contributed by atoms with Crippen molar-refractivity contribution in [2.24, 2.45) is 11.7 Å². The Morgan fingerprint density at radius 3 is 2.65 bits per heavy atom. The number of aromatic nitrogens is 4. The maximum atomic E-state index is 12.0. The normalized spacial score (nSPS) is 13.8. The molecule has 0 saturated heterocycles. The van der Waals surface area contributed by atoms with Crippen LogP contribution in [-0.4, -0.2) is 32.2 Å². The third kappa shape index (κ3) is 3.18. The maximum Gasteiger partial charge on any atom is 0.241 e. The predicted octanol–water partition coefficient (Wildman–Crippen LogP) is 0.974. The number of tetrazole rings is 1. The summed E-state index contributed by atoms with van der Waals surface area (Å²) in [5, 5.41) is 13.7. The molecule has 1 aromatic heterocycles. The lowest BCUT2D eigenvalue weighted by Gasteiger charge is -2.17. The van der Waals surface area contributed by atoms with Gasteiger partial charge in [0.15, 0.2) is 0 Å². The minimum absolute atomic E-state index is 0.149. The van der Waals surface area contributed by atoms with Crippen molar-refractivity contribution in [3.8, 4) is 5.69 Å². The van der Waals surface area contributed by atoms with Crippen LogP contribution in [0.2, 0.25) is 0 Å². The molecule has 2 rings (SSSR count). The van der Waals surface area contributed by atoms with E-state index in [1.54, 1.807) is 12.1 Å². The lowest BCUT2D eigenvalue weighted by Crippen LogP contribution is -2.40. The molecule has 0 fully saturated rings. The summed E-state index contributed by atoms with van der Waals surface area (Å²) in [7, 11) is 0. The summed E-state index contributed by atoms with van der Waals surface area (Å²) in [5.74, 6) is -0.0231. The van der Waals surface area contributed by atoms with Crippen molar-refractivity contribution in [2.45, 2.75) is 26.3 Å². The Balaban J connectivity index is 2.02. The van der Waals surface area contributed by atoms with Crippen LogP contribution >= 0.6 is 0 Å². The molecule has 0 aliphatic rings. The van der Waals surface area contributed by atoms with E-state index in [1.165, 1.54) is 11.0 Å². The molecule has 0 saturated carbocycles. The second-order valence-corrected chi connectivity index (χ2v) is 4.70. The molecule has 0 bridgehead atoms. The van der Waals surface area contributed by atoms with E-state index in [-0.39, 0.29) is 11.8 Å². The second kappa shape index (κ2) is 6.25.